The summed E-state index contributed by atoms with van der Waals surface area (Å²) in [6.45, 7) is 3.30. The number of hydrogen-bond donors (Lipinski definition) is 0. The summed E-state index contributed by atoms with van der Waals surface area (Å²) in [6.07, 6.45) is 0. The minimum Gasteiger partial charge on any atom is -0.489 e. The predicted molar refractivity (Wildman–Crippen MR) is 84.2 cm³/mol. The van der Waals surface area contributed by atoms with Crippen LogP contribution in [-0.4, -0.2) is 19.0 Å². The van der Waals surface area contributed by atoms with Crippen molar-refractivity contribution in [2.24, 2.45) is 5.92 Å². The molecular weight excluding hydrogens is 332 g/mol. The zero-order chi connectivity index (χ0) is 14.8. The van der Waals surface area contributed by atoms with Crippen LogP contribution < -0.4 is 9.47 Å². The van der Waals surface area contributed by atoms with Crippen molar-refractivity contribution in [2.45, 2.75) is 6.92 Å². The predicted octanol–water partition coefficient (Wildman–Crippen LogP) is 4.09. The van der Waals surface area contributed by atoms with Gasteiger partial charge in [0, 0.05) is 21.5 Å². The van der Waals surface area contributed by atoms with E-state index < -0.39 is 0 Å². The second kappa shape index (κ2) is 5.90. The number of carbonyl (C=O) groups excluding carboxylic acids is 1. The van der Waals surface area contributed by atoms with E-state index in [4.69, 9.17) is 9.47 Å². The van der Waals surface area contributed by atoms with Gasteiger partial charge in [0.05, 0.1) is 13.2 Å². The molecule has 0 radical (unpaired) electrons. The van der Waals surface area contributed by atoms with Crippen molar-refractivity contribution in [2.75, 3.05) is 13.2 Å². The van der Waals surface area contributed by atoms with Crippen LogP contribution >= 0.6 is 15.9 Å². The van der Waals surface area contributed by atoms with Crippen LogP contribution in [0.25, 0.3) is 0 Å². The van der Waals surface area contributed by atoms with Crippen molar-refractivity contribution in [1.82, 2.24) is 0 Å². The molecule has 108 valence electrons. The third kappa shape index (κ3) is 3.10. The number of rotatable bonds is 2. The summed E-state index contributed by atoms with van der Waals surface area (Å²) in [5.41, 5.74) is 1.25. The van der Waals surface area contributed by atoms with Gasteiger partial charge in [-0.05, 0) is 30.3 Å². The molecule has 1 aliphatic heterocycles. The van der Waals surface area contributed by atoms with Gasteiger partial charge in [-0.1, -0.05) is 35.0 Å². The van der Waals surface area contributed by atoms with E-state index in [9.17, 15) is 4.79 Å². The third-order valence-electron chi connectivity index (χ3n) is 3.34. The fourth-order valence-corrected chi connectivity index (χ4v) is 2.59. The molecule has 0 aromatic heterocycles. The first-order chi connectivity index (χ1) is 10.1. The molecular formula is C17H15BrO3. The fourth-order valence-electron chi connectivity index (χ4n) is 2.19. The first-order valence-electron chi connectivity index (χ1n) is 6.83. The SMILES string of the molecule is CC1COc2ccc(C(=O)c3cccc(Br)c3)cc2OC1. The molecule has 0 bridgehead atoms. The highest BCUT2D eigenvalue weighted by Gasteiger charge is 2.18. The molecule has 0 amide bonds. The van der Waals surface area contributed by atoms with Crippen LogP contribution in [0.5, 0.6) is 11.5 Å². The lowest BCUT2D eigenvalue weighted by atomic mass is 10.0. The number of ether oxygens (including phenoxy) is 2. The first-order valence-corrected chi connectivity index (χ1v) is 7.62. The third-order valence-corrected chi connectivity index (χ3v) is 3.83. The number of benzene rings is 2. The van der Waals surface area contributed by atoms with Crippen molar-refractivity contribution >= 4 is 21.7 Å². The average molecular weight is 347 g/mol. The van der Waals surface area contributed by atoms with Gasteiger partial charge in [0.2, 0.25) is 0 Å². The smallest absolute Gasteiger partial charge is 0.193 e. The number of ketones is 1. The monoisotopic (exact) mass is 346 g/mol. The average Bonchev–Trinajstić information content (AvgIpc) is 2.68. The summed E-state index contributed by atoms with van der Waals surface area (Å²) >= 11 is 3.38. The van der Waals surface area contributed by atoms with Gasteiger partial charge in [0.25, 0.3) is 0 Å². The Morgan fingerprint density at radius 2 is 1.76 bits per heavy atom. The normalized spacial score (nSPS) is 17.1. The van der Waals surface area contributed by atoms with E-state index in [1.807, 2.05) is 18.2 Å². The quantitative estimate of drug-likeness (QED) is 0.768. The van der Waals surface area contributed by atoms with Gasteiger partial charge in [-0.2, -0.15) is 0 Å². The Kier molecular flexibility index (Phi) is 3.97. The van der Waals surface area contributed by atoms with Crippen LogP contribution in [0.4, 0.5) is 0 Å². The van der Waals surface area contributed by atoms with Crippen molar-refractivity contribution in [3.63, 3.8) is 0 Å². The molecule has 0 aliphatic carbocycles. The zero-order valence-electron chi connectivity index (χ0n) is 11.6. The van der Waals surface area contributed by atoms with Crippen molar-refractivity contribution in [3.8, 4) is 11.5 Å². The summed E-state index contributed by atoms with van der Waals surface area (Å²) in [4.78, 5) is 12.5. The topological polar surface area (TPSA) is 35.5 Å². The van der Waals surface area contributed by atoms with E-state index in [0.717, 1.165) is 4.47 Å². The second-order valence-electron chi connectivity index (χ2n) is 5.23. The number of carbonyl (C=O) groups is 1. The van der Waals surface area contributed by atoms with Gasteiger partial charge < -0.3 is 9.47 Å². The summed E-state index contributed by atoms with van der Waals surface area (Å²) < 4.78 is 12.3. The van der Waals surface area contributed by atoms with Gasteiger partial charge in [-0.3, -0.25) is 4.79 Å². The number of hydrogen-bond acceptors (Lipinski definition) is 3. The molecule has 0 saturated heterocycles. The minimum atomic E-state index is -0.0278. The summed E-state index contributed by atoms with van der Waals surface area (Å²) in [5.74, 6) is 1.65. The van der Waals surface area contributed by atoms with Crippen LogP contribution in [0, 0.1) is 5.92 Å². The lowest BCUT2D eigenvalue weighted by Crippen LogP contribution is -2.12. The molecule has 0 fully saturated rings. The molecule has 21 heavy (non-hydrogen) atoms. The Balaban J connectivity index is 1.92. The van der Waals surface area contributed by atoms with E-state index >= 15 is 0 Å². The largest absolute Gasteiger partial charge is 0.489 e. The lowest BCUT2D eigenvalue weighted by molar-refractivity contribution is 0.103. The molecule has 0 spiro atoms. The van der Waals surface area contributed by atoms with Crippen LogP contribution in [-0.2, 0) is 0 Å². The molecule has 4 heteroatoms. The summed E-state index contributed by atoms with van der Waals surface area (Å²) in [5, 5.41) is 0. The Morgan fingerprint density at radius 1 is 1.05 bits per heavy atom. The molecule has 2 aromatic carbocycles. The fraction of sp³-hybridized carbons (Fsp3) is 0.235. The zero-order valence-corrected chi connectivity index (χ0v) is 13.2. The highest BCUT2D eigenvalue weighted by atomic mass is 79.9. The number of halogens is 1. The minimum absolute atomic E-state index is 0.0278. The molecule has 3 rings (SSSR count). The molecule has 1 heterocycles. The highest BCUT2D eigenvalue weighted by Crippen LogP contribution is 2.32. The van der Waals surface area contributed by atoms with Crippen molar-refractivity contribution in [1.29, 1.82) is 0 Å². The standard InChI is InChI=1S/C17H15BrO3/c1-11-9-20-15-6-5-13(8-16(15)21-10-11)17(19)12-3-2-4-14(18)7-12/h2-8,11H,9-10H2,1H3. The van der Waals surface area contributed by atoms with E-state index in [-0.39, 0.29) is 5.78 Å². The van der Waals surface area contributed by atoms with Crippen LogP contribution in [0.15, 0.2) is 46.9 Å². The van der Waals surface area contributed by atoms with Crippen molar-refractivity contribution in [3.05, 3.63) is 58.1 Å². The Bertz CT molecular complexity index is 681. The number of fused-ring (bicyclic) bond motifs is 1. The Morgan fingerprint density at radius 3 is 2.52 bits per heavy atom. The molecule has 1 aliphatic rings. The van der Waals surface area contributed by atoms with Crippen LogP contribution in [0.3, 0.4) is 0 Å². The van der Waals surface area contributed by atoms with Crippen molar-refractivity contribution < 1.29 is 14.3 Å². The second-order valence-corrected chi connectivity index (χ2v) is 6.14. The van der Waals surface area contributed by atoms with Gasteiger partial charge >= 0.3 is 0 Å². The van der Waals surface area contributed by atoms with Crippen LogP contribution in [0.2, 0.25) is 0 Å². The van der Waals surface area contributed by atoms with E-state index in [1.54, 1.807) is 24.3 Å². The highest BCUT2D eigenvalue weighted by molar-refractivity contribution is 9.10. The molecule has 2 aromatic rings. The maximum atomic E-state index is 12.5. The molecule has 0 saturated carbocycles. The van der Waals surface area contributed by atoms with Crippen LogP contribution in [0.1, 0.15) is 22.8 Å². The first kappa shape index (κ1) is 14.1. The van der Waals surface area contributed by atoms with E-state index in [0.29, 0.717) is 41.8 Å². The Labute approximate surface area is 132 Å². The summed E-state index contributed by atoms with van der Waals surface area (Å²) in [6, 6.07) is 12.7. The molecule has 3 nitrogen and oxygen atoms in total. The van der Waals surface area contributed by atoms with Gasteiger partial charge in [-0.25, -0.2) is 0 Å². The van der Waals surface area contributed by atoms with Gasteiger partial charge in [0.1, 0.15) is 0 Å². The molecule has 1 atom stereocenters. The van der Waals surface area contributed by atoms with E-state index in [2.05, 4.69) is 22.9 Å². The van der Waals surface area contributed by atoms with Gasteiger partial charge in [0.15, 0.2) is 17.3 Å². The summed E-state index contributed by atoms with van der Waals surface area (Å²) in [7, 11) is 0. The van der Waals surface area contributed by atoms with E-state index in [1.165, 1.54) is 0 Å². The Hall–Kier alpha value is -1.81. The maximum absolute atomic E-state index is 12.5. The lowest BCUT2D eigenvalue weighted by Gasteiger charge is -2.09. The maximum Gasteiger partial charge on any atom is 0.193 e. The molecule has 0 N–H and O–H groups in total. The molecule has 1 unspecified atom stereocenters. The van der Waals surface area contributed by atoms with Gasteiger partial charge in [-0.15, -0.1) is 0 Å².